The smallest absolute Gasteiger partial charge is 0.240 e. The maximum Gasteiger partial charge on any atom is 0.240 e. The molecule has 2 spiro atoms. The Morgan fingerprint density at radius 1 is 0.932 bits per heavy atom. The quantitative estimate of drug-likeness (QED) is 0.170. The van der Waals surface area contributed by atoms with E-state index in [2.05, 4.69) is 30.5 Å². The lowest BCUT2D eigenvalue weighted by atomic mass is 9.73. The normalized spacial score (nSPS) is 36.3. The van der Waals surface area contributed by atoms with Crippen LogP contribution >= 0.6 is 0 Å². The highest BCUT2D eigenvalue weighted by Gasteiger charge is 2.85. The summed E-state index contributed by atoms with van der Waals surface area (Å²) in [7, 11) is -4.64. The predicted molar refractivity (Wildman–Crippen MR) is 228 cm³/mol. The molecule has 0 radical (unpaired) electrons. The fourth-order valence-electron chi connectivity index (χ4n) is 12.5. The number of sulfonamides is 1. The van der Waals surface area contributed by atoms with Gasteiger partial charge < -0.3 is 10.2 Å². The first-order valence-corrected chi connectivity index (χ1v) is 23.9. The topological polar surface area (TPSA) is 150 Å². The number of hydrogen-bond acceptors (Lipinski definition) is 8. The zero-order valence-electron chi connectivity index (χ0n) is 43.3. The van der Waals surface area contributed by atoms with E-state index in [1.54, 1.807) is 4.90 Å². The minimum absolute atomic E-state index is 0.0844. The molecule has 5 saturated carbocycles. The Kier molecular flexibility index (Phi) is 9.34. The minimum Gasteiger partial charge on any atom is -0.345 e. The second-order valence-corrected chi connectivity index (χ2v) is 23.4. The SMILES string of the molecule is [2H]C([2H])([2H])C([2H])(C)N1CCCC[C@H]1C(=O)N[C@H](C(=O)C[C@H](C(=O)N1C[C@]2(C[C@H]1C(=O)C[C@]1(C(=O)NS(=O)(=O)C3(C([2H])([2H])[2H])CC3)C[C@H]1C=C)C(C)(C)C21CCC1)C(C)(C)C)C1CCCCC1. The molecule has 7 rings (SSSR count). The molecule has 0 bridgehead atoms. The van der Waals surface area contributed by atoms with E-state index in [0.717, 1.165) is 38.5 Å². The molecule has 11 nitrogen and oxygen atoms in total. The number of allylic oxidation sites excluding steroid dienone is 1. The third-order valence-electron chi connectivity index (χ3n) is 17.0. The first kappa shape index (κ1) is 35.9. The van der Waals surface area contributed by atoms with Crippen molar-refractivity contribution in [3.63, 3.8) is 0 Å². The van der Waals surface area contributed by atoms with E-state index in [1.165, 1.54) is 17.9 Å². The second-order valence-electron chi connectivity index (χ2n) is 21.4. The molecular formula is C47H74N4O7S. The number of rotatable bonds is 15. The highest BCUT2D eigenvalue weighted by Crippen LogP contribution is 2.88. The average Bonchev–Trinajstić information content (AvgIpc) is 4.15. The summed E-state index contributed by atoms with van der Waals surface area (Å²) in [6.45, 7) is 10.1. The van der Waals surface area contributed by atoms with Crippen molar-refractivity contribution in [2.45, 2.75) is 193 Å². The Balaban J connectivity index is 1.16. The molecule has 2 saturated heterocycles. The largest absolute Gasteiger partial charge is 0.345 e. The highest BCUT2D eigenvalue weighted by atomic mass is 32.2. The lowest BCUT2D eigenvalue weighted by molar-refractivity contribution is -0.147. The summed E-state index contributed by atoms with van der Waals surface area (Å²) in [6, 6.07) is -4.88. The Hall–Kier alpha value is -2.60. The van der Waals surface area contributed by atoms with E-state index in [0.29, 0.717) is 38.5 Å². The first-order chi connectivity index (χ1) is 30.3. The zero-order valence-corrected chi connectivity index (χ0v) is 37.2. The van der Waals surface area contributed by atoms with Crippen LogP contribution in [0.1, 0.15) is 174 Å². The number of carbonyl (C=O) groups excluding carboxylic acids is 5. The van der Waals surface area contributed by atoms with Gasteiger partial charge in [0, 0.05) is 46.3 Å². The van der Waals surface area contributed by atoms with E-state index in [9.17, 15) is 27.6 Å². The Morgan fingerprint density at radius 3 is 2.15 bits per heavy atom. The maximum atomic E-state index is 15.5. The standard InChI is InChI=1S/C47H74N4O7S/c1-10-32-26-45(32,41(56)49-59(57,58)44(9)22-23-44)28-37(53)35-27-47(43(7,8)46(47)20-16-21-46)29-51(35)40(55)33(42(4,5)6)25-36(52)38(31-17-12-11-13-18-31)48-39(54)34-19-14-15-24-50(34)30(2)3/h10,30-35,38H,1,11-29H2,2-9H3,(H,48,54)(H,49,56)/t32-,33-,34+,35+,38+,45-,47-/m1/s1/i2D3,9D3,30D/t30?,32-,33-,34+,35+,38+,45-,47-. The van der Waals surface area contributed by atoms with Gasteiger partial charge in [0.25, 0.3) is 0 Å². The third kappa shape index (κ3) is 7.37. The van der Waals surface area contributed by atoms with Gasteiger partial charge in [-0.3, -0.25) is 33.6 Å². The van der Waals surface area contributed by atoms with Crippen LogP contribution < -0.4 is 10.0 Å². The van der Waals surface area contributed by atoms with Crippen molar-refractivity contribution in [3.05, 3.63) is 12.7 Å². The molecule has 7 fully saturated rings. The van der Waals surface area contributed by atoms with Crippen LogP contribution in [0.2, 0.25) is 0 Å². The summed E-state index contributed by atoms with van der Waals surface area (Å²) in [4.78, 5) is 76.9. The molecule has 2 heterocycles. The van der Waals surface area contributed by atoms with E-state index in [4.69, 9.17) is 9.60 Å². The number of nitrogens with one attached hydrogen (secondary N) is 2. The summed E-state index contributed by atoms with van der Waals surface area (Å²) in [5, 5.41) is 3.06. The number of Topliss-reactive ketones (excluding diaryl/α,β-unsaturated/α-hetero) is 2. The molecule has 8 atom stereocenters. The van der Waals surface area contributed by atoms with Gasteiger partial charge in [-0.25, -0.2) is 8.42 Å². The van der Waals surface area contributed by atoms with Crippen LogP contribution in [-0.4, -0.2) is 89.5 Å². The molecule has 12 heteroatoms. The van der Waals surface area contributed by atoms with Crippen molar-refractivity contribution in [2.24, 2.45) is 44.8 Å². The third-order valence-corrected chi connectivity index (χ3v) is 18.9. The summed E-state index contributed by atoms with van der Waals surface area (Å²) >= 11 is 0. The van der Waals surface area contributed by atoms with Gasteiger partial charge in [0.15, 0.2) is 11.6 Å². The van der Waals surface area contributed by atoms with Gasteiger partial charge in [0.05, 0.1) is 28.3 Å². The van der Waals surface area contributed by atoms with Crippen molar-refractivity contribution < 1.29 is 42.0 Å². The van der Waals surface area contributed by atoms with E-state index in [1.807, 2.05) is 20.8 Å². The lowest BCUT2D eigenvalue weighted by Crippen LogP contribution is -2.57. The number of amides is 3. The van der Waals surface area contributed by atoms with Gasteiger partial charge in [-0.1, -0.05) is 72.8 Å². The number of nitrogens with zero attached hydrogens (tertiary/aromatic N) is 2. The van der Waals surface area contributed by atoms with Gasteiger partial charge in [-0.05, 0) is 119 Å². The Bertz CT molecular complexity index is 2100. The van der Waals surface area contributed by atoms with Crippen LogP contribution in [0.25, 0.3) is 0 Å². The number of carbonyl (C=O) groups is 5. The van der Waals surface area contributed by atoms with Crippen molar-refractivity contribution >= 4 is 39.3 Å². The summed E-state index contributed by atoms with van der Waals surface area (Å²) < 4.78 is 83.9. The predicted octanol–water partition coefficient (Wildman–Crippen LogP) is 6.88. The van der Waals surface area contributed by atoms with Gasteiger partial charge in [-0.15, -0.1) is 6.58 Å². The van der Waals surface area contributed by atoms with E-state index in [-0.39, 0.29) is 73.6 Å². The zero-order chi connectivity index (χ0) is 49.1. The van der Waals surface area contributed by atoms with Gasteiger partial charge in [-0.2, -0.15) is 0 Å². The van der Waals surface area contributed by atoms with Crippen molar-refractivity contribution in [2.75, 3.05) is 13.1 Å². The van der Waals surface area contributed by atoms with E-state index < -0.39 is 98.3 Å². The average molecular weight is 846 g/mol. The minimum atomic E-state index is -4.64. The number of hydrogen-bond donors (Lipinski definition) is 2. The summed E-state index contributed by atoms with van der Waals surface area (Å²) in [5.74, 6) is -4.20. The number of ketones is 2. The van der Waals surface area contributed by atoms with Gasteiger partial charge >= 0.3 is 0 Å². The van der Waals surface area contributed by atoms with Crippen LogP contribution in [-0.2, 0) is 34.0 Å². The van der Waals surface area contributed by atoms with Crippen molar-refractivity contribution in [3.8, 4) is 0 Å². The van der Waals surface area contributed by atoms with Crippen molar-refractivity contribution in [1.82, 2.24) is 19.8 Å². The number of fused-ring (bicyclic) bond motifs is 1. The molecule has 0 aromatic carbocycles. The Labute approximate surface area is 364 Å². The van der Waals surface area contributed by atoms with Crippen LogP contribution in [0.15, 0.2) is 12.7 Å². The molecule has 2 N–H and O–H groups in total. The van der Waals surface area contributed by atoms with Gasteiger partial charge in [0.2, 0.25) is 27.7 Å². The second kappa shape index (κ2) is 15.3. The fourth-order valence-corrected chi connectivity index (χ4v) is 13.8. The van der Waals surface area contributed by atoms with Crippen LogP contribution in [0, 0.1) is 44.8 Å². The molecule has 5 aliphatic carbocycles. The van der Waals surface area contributed by atoms with E-state index >= 15 is 4.79 Å². The molecule has 2 aliphatic heterocycles. The number of piperidine rings is 1. The lowest BCUT2D eigenvalue weighted by Gasteiger charge is -2.40. The molecular weight excluding hydrogens is 765 g/mol. The number of likely N-dealkylation sites (tertiary alicyclic amines) is 2. The fraction of sp³-hybridized carbons (Fsp3) is 0.851. The van der Waals surface area contributed by atoms with Crippen LogP contribution in [0.5, 0.6) is 0 Å². The molecule has 0 aromatic rings. The summed E-state index contributed by atoms with van der Waals surface area (Å²) in [5.41, 5.74) is -2.98. The van der Waals surface area contributed by atoms with Crippen LogP contribution in [0.3, 0.4) is 0 Å². The molecule has 1 unspecified atom stereocenters. The maximum absolute atomic E-state index is 15.5. The summed E-state index contributed by atoms with van der Waals surface area (Å²) in [6.07, 6.45) is 9.79. The monoisotopic (exact) mass is 846 g/mol. The molecule has 0 aromatic heterocycles. The molecule has 330 valence electrons. The van der Waals surface area contributed by atoms with Crippen LogP contribution in [0.4, 0.5) is 0 Å². The first-order valence-electron chi connectivity index (χ1n) is 25.9. The molecule has 59 heavy (non-hydrogen) atoms. The molecule has 7 aliphatic rings. The molecule has 3 amide bonds. The highest BCUT2D eigenvalue weighted by molar-refractivity contribution is 7.91. The van der Waals surface area contributed by atoms with Gasteiger partial charge in [0.1, 0.15) is 0 Å². The Morgan fingerprint density at radius 2 is 1.61 bits per heavy atom. The van der Waals surface area contributed by atoms with Crippen molar-refractivity contribution in [1.29, 1.82) is 0 Å².